The molecule has 108 valence electrons. The van der Waals surface area contributed by atoms with Crippen LogP contribution in [0, 0.1) is 5.82 Å². The molecule has 2 rings (SSSR count). The molecular formula is C13H14FNO5. The number of morpholine rings is 1. The maximum atomic E-state index is 13.0. The monoisotopic (exact) mass is 283 g/mol. The van der Waals surface area contributed by atoms with Gasteiger partial charge in [-0.2, -0.15) is 0 Å². The van der Waals surface area contributed by atoms with Crippen molar-refractivity contribution in [2.75, 3.05) is 19.8 Å². The number of halogens is 1. The summed E-state index contributed by atoms with van der Waals surface area (Å²) < 4.78 is 18.2. The van der Waals surface area contributed by atoms with Crippen LogP contribution in [0.15, 0.2) is 18.2 Å². The molecule has 0 bridgehead atoms. The largest absolute Gasteiger partial charge is 0.505 e. The summed E-state index contributed by atoms with van der Waals surface area (Å²) in [4.78, 5) is 24.5. The van der Waals surface area contributed by atoms with Gasteiger partial charge < -0.3 is 19.8 Å². The highest BCUT2D eigenvalue weighted by Crippen LogP contribution is 2.20. The van der Waals surface area contributed by atoms with E-state index in [-0.39, 0.29) is 25.1 Å². The number of ether oxygens (including phenoxy) is 1. The first kappa shape index (κ1) is 14.3. The standard InChI is InChI=1S/C13H14FNO5/c14-10-2-1-8(5-11(10)16)13(19)15-3-4-20-7-9(15)6-12(17)18/h1-2,5,9,16H,3-4,6-7H2,(H,17,18). The van der Waals surface area contributed by atoms with E-state index in [0.29, 0.717) is 6.61 Å². The molecule has 1 saturated heterocycles. The van der Waals surface area contributed by atoms with Gasteiger partial charge in [0.2, 0.25) is 0 Å². The van der Waals surface area contributed by atoms with Crippen LogP contribution in [0.25, 0.3) is 0 Å². The van der Waals surface area contributed by atoms with E-state index in [1.165, 1.54) is 11.0 Å². The van der Waals surface area contributed by atoms with E-state index in [1.807, 2.05) is 0 Å². The maximum Gasteiger partial charge on any atom is 0.305 e. The van der Waals surface area contributed by atoms with Gasteiger partial charge in [-0.15, -0.1) is 0 Å². The molecule has 7 heteroatoms. The van der Waals surface area contributed by atoms with Crippen molar-refractivity contribution in [2.24, 2.45) is 0 Å². The number of hydrogen-bond donors (Lipinski definition) is 2. The predicted molar refractivity (Wildman–Crippen MR) is 66.0 cm³/mol. The third-order valence-electron chi connectivity index (χ3n) is 3.09. The maximum absolute atomic E-state index is 13.0. The Morgan fingerprint density at radius 2 is 2.20 bits per heavy atom. The van der Waals surface area contributed by atoms with Crippen LogP contribution in [-0.4, -0.2) is 52.8 Å². The number of nitrogens with zero attached hydrogens (tertiary/aromatic N) is 1. The van der Waals surface area contributed by atoms with Gasteiger partial charge >= 0.3 is 5.97 Å². The molecule has 6 nitrogen and oxygen atoms in total. The number of phenols is 1. The van der Waals surface area contributed by atoms with E-state index in [2.05, 4.69) is 0 Å². The predicted octanol–water partition coefficient (Wildman–Crippen LogP) is 0.847. The Balaban J connectivity index is 2.20. The van der Waals surface area contributed by atoms with Gasteiger partial charge in [-0.05, 0) is 18.2 Å². The Morgan fingerprint density at radius 1 is 1.45 bits per heavy atom. The van der Waals surface area contributed by atoms with Crippen molar-refractivity contribution in [2.45, 2.75) is 12.5 Å². The van der Waals surface area contributed by atoms with Gasteiger partial charge in [0.15, 0.2) is 11.6 Å². The minimum atomic E-state index is -1.03. The quantitative estimate of drug-likeness (QED) is 0.858. The molecule has 1 fully saturated rings. The number of carboxylic acid groups (broad SMARTS) is 1. The van der Waals surface area contributed by atoms with Gasteiger partial charge in [-0.3, -0.25) is 9.59 Å². The molecule has 1 atom stereocenters. The molecule has 1 amide bonds. The lowest BCUT2D eigenvalue weighted by molar-refractivity contribution is -0.139. The lowest BCUT2D eigenvalue weighted by atomic mass is 10.1. The van der Waals surface area contributed by atoms with Gasteiger partial charge in [-0.1, -0.05) is 0 Å². The van der Waals surface area contributed by atoms with Crippen molar-refractivity contribution >= 4 is 11.9 Å². The fraction of sp³-hybridized carbons (Fsp3) is 0.385. The number of hydrogen-bond acceptors (Lipinski definition) is 4. The zero-order chi connectivity index (χ0) is 14.7. The third-order valence-corrected chi connectivity index (χ3v) is 3.09. The van der Waals surface area contributed by atoms with E-state index in [1.54, 1.807) is 0 Å². The van der Waals surface area contributed by atoms with Crippen molar-refractivity contribution in [1.82, 2.24) is 4.90 Å². The number of amides is 1. The van der Waals surface area contributed by atoms with Gasteiger partial charge in [0.1, 0.15) is 0 Å². The van der Waals surface area contributed by atoms with Crippen LogP contribution in [0.3, 0.4) is 0 Å². The van der Waals surface area contributed by atoms with Crippen LogP contribution < -0.4 is 0 Å². The second-order valence-electron chi connectivity index (χ2n) is 4.49. The van der Waals surface area contributed by atoms with E-state index in [0.717, 1.165) is 12.1 Å². The lowest BCUT2D eigenvalue weighted by Gasteiger charge is -2.34. The van der Waals surface area contributed by atoms with Crippen molar-refractivity contribution in [1.29, 1.82) is 0 Å². The smallest absolute Gasteiger partial charge is 0.305 e. The second-order valence-corrected chi connectivity index (χ2v) is 4.49. The lowest BCUT2D eigenvalue weighted by Crippen LogP contribution is -2.49. The summed E-state index contributed by atoms with van der Waals surface area (Å²) in [5, 5.41) is 18.1. The minimum Gasteiger partial charge on any atom is -0.505 e. The Labute approximate surface area is 114 Å². The van der Waals surface area contributed by atoms with Crippen molar-refractivity contribution < 1.29 is 28.9 Å². The molecule has 1 aromatic carbocycles. The number of carbonyl (C=O) groups is 2. The number of benzene rings is 1. The summed E-state index contributed by atoms with van der Waals surface area (Å²) in [6, 6.07) is 2.71. The molecule has 0 aromatic heterocycles. The van der Waals surface area contributed by atoms with Crippen LogP contribution in [0.1, 0.15) is 16.8 Å². The molecule has 1 aliphatic heterocycles. The van der Waals surface area contributed by atoms with Crippen LogP contribution in [-0.2, 0) is 9.53 Å². The molecule has 20 heavy (non-hydrogen) atoms. The highest BCUT2D eigenvalue weighted by atomic mass is 19.1. The van der Waals surface area contributed by atoms with Crippen molar-refractivity contribution in [3.8, 4) is 5.75 Å². The number of carboxylic acids is 1. The molecule has 2 N–H and O–H groups in total. The molecule has 1 unspecified atom stereocenters. The number of carbonyl (C=O) groups excluding carboxylic acids is 1. The summed E-state index contributed by atoms with van der Waals surface area (Å²) in [7, 11) is 0. The summed E-state index contributed by atoms with van der Waals surface area (Å²) in [6.07, 6.45) is -0.223. The molecule has 0 spiro atoms. The average Bonchev–Trinajstić information content (AvgIpc) is 2.41. The first-order chi connectivity index (χ1) is 9.49. The van der Waals surface area contributed by atoms with Gasteiger partial charge in [0, 0.05) is 12.1 Å². The number of phenolic OH excluding ortho intramolecular Hbond substituents is 1. The number of aliphatic carboxylic acids is 1. The average molecular weight is 283 g/mol. The van der Waals surface area contributed by atoms with E-state index < -0.39 is 29.5 Å². The summed E-state index contributed by atoms with van der Waals surface area (Å²) in [6.45, 7) is 0.717. The van der Waals surface area contributed by atoms with Crippen LogP contribution in [0.4, 0.5) is 4.39 Å². The summed E-state index contributed by atoms with van der Waals surface area (Å²) in [5.74, 6) is -2.90. The number of aromatic hydroxyl groups is 1. The van der Waals surface area contributed by atoms with Gasteiger partial charge in [0.05, 0.1) is 25.7 Å². The Hall–Kier alpha value is -2.15. The fourth-order valence-corrected chi connectivity index (χ4v) is 2.10. The topological polar surface area (TPSA) is 87.1 Å². The zero-order valence-corrected chi connectivity index (χ0v) is 10.6. The first-order valence-electron chi connectivity index (χ1n) is 6.08. The Kier molecular flexibility index (Phi) is 4.19. The second kappa shape index (κ2) is 5.87. The Bertz CT molecular complexity index is 533. The molecular weight excluding hydrogens is 269 g/mol. The Morgan fingerprint density at radius 3 is 2.85 bits per heavy atom. The third kappa shape index (κ3) is 3.05. The van der Waals surface area contributed by atoms with E-state index >= 15 is 0 Å². The van der Waals surface area contributed by atoms with E-state index in [4.69, 9.17) is 9.84 Å². The number of rotatable bonds is 3. The minimum absolute atomic E-state index is 0.112. The summed E-state index contributed by atoms with van der Waals surface area (Å²) >= 11 is 0. The van der Waals surface area contributed by atoms with Crippen LogP contribution in [0.2, 0.25) is 0 Å². The van der Waals surface area contributed by atoms with Crippen molar-refractivity contribution in [3.63, 3.8) is 0 Å². The van der Waals surface area contributed by atoms with Crippen LogP contribution >= 0.6 is 0 Å². The normalized spacial score (nSPS) is 18.9. The first-order valence-corrected chi connectivity index (χ1v) is 6.08. The highest BCUT2D eigenvalue weighted by Gasteiger charge is 2.30. The van der Waals surface area contributed by atoms with Crippen molar-refractivity contribution in [3.05, 3.63) is 29.6 Å². The molecule has 1 heterocycles. The van der Waals surface area contributed by atoms with Crippen LogP contribution in [0.5, 0.6) is 5.75 Å². The molecule has 0 saturated carbocycles. The molecule has 1 aliphatic rings. The molecule has 1 aromatic rings. The molecule has 0 aliphatic carbocycles. The highest BCUT2D eigenvalue weighted by molar-refractivity contribution is 5.95. The van der Waals surface area contributed by atoms with Gasteiger partial charge in [0.25, 0.3) is 5.91 Å². The fourth-order valence-electron chi connectivity index (χ4n) is 2.10. The molecule has 0 radical (unpaired) electrons. The van der Waals surface area contributed by atoms with Gasteiger partial charge in [-0.25, -0.2) is 4.39 Å². The van der Waals surface area contributed by atoms with E-state index in [9.17, 15) is 19.1 Å². The SMILES string of the molecule is O=C(O)CC1COCCN1C(=O)c1ccc(F)c(O)c1. The summed E-state index contributed by atoms with van der Waals surface area (Å²) in [5.41, 5.74) is 0.112. The zero-order valence-electron chi connectivity index (χ0n) is 10.6.